The van der Waals surface area contributed by atoms with Crippen LogP contribution in [-0.4, -0.2) is 35.9 Å². The van der Waals surface area contributed by atoms with Crippen LogP contribution in [0.1, 0.15) is 31.4 Å². The molecular formula is C22H26ClFN2O3. The Labute approximate surface area is 175 Å². The van der Waals surface area contributed by atoms with Gasteiger partial charge in [-0.1, -0.05) is 30.7 Å². The number of benzene rings is 2. The molecule has 7 heteroatoms. The average molecular weight is 421 g/mol. The molecule has 0 saturated carbocycles. The fraction of sp³-hybridized carbons (Fsp3) is 0.364. The Morgan fingerprint density at radius 1 is 1.21 bits per heavy atom. The number of nitrogens with one attached hydrogen (secondary N) is 1. The zero-order valence-corrected chi connectivity index (χ0v) is 17.6. The fourth-order valence-electron chi connectivity index (χ4n) is 2.70. The molecule has 0 aliphatic rings. The highest BCUT2D eigenvalue weighted by Gasteiger charge is 2.26. The topological polar surface area (TPSA) is 58.6 Å². The molecule has 156 valence electrons. The van der Waals surface area contributed by atoms with Crippen LogP contribution in [-0.2, 0) is 16.1 Å². The molecule has 0 fully saturated rings. The number of nitrogens with zero attached hydrogens (tertiary/aromatic N) is 1. The van der Waals surface area contributed by atoms with Crippen molar-refractivity contribution < 1.29 is 18.7 Å². The SMILES string of the molecule is CCCNC(=O)C(C)N(Cc1ccc(F)cc1)C(=O)COc1ccc(Cl)c(C)c1. The minimum absolute atomic E-state index is 0.169. The van der Waals surface area contributed by atoms with Crippen LogP contribution in [0.15, 0.2) is 42.5 Å². The number of carbonyl (C=O) groups is 2. The number of hydrogen-bond acceptors (Lipinski definition) is 3. The number of ether oxygens (including phenoxy) is 1. The van der Waals surface area contributed by atoms with Crippen molar-refractivity contribution in [2.75, 3.05) is 13.2 Å². The molecule has 2 rings (SSSR count). The van der Waals surface area contributed by atoms with Crippen molar-refractivity contribution in [3.63, 3.8) is 0 Å². The predicted molar refractivity (Wildman–Crippen MR) is 111 cm³/mol. The average Bonchev–Trinajstić information content (AvgIpc) is 2.71. The van der Waals surface area contributed by atoms with Crippen molar-refractivity contribution in [1.29, 1.82) is 0 Å². The Hall–Kier alpha value is -2.60. The third kappa shape index (κ3) is 6.75. The molecule has 0 bridgehead atoms. The number of carbonyl (C=O) groups excluding carboxylic acids is 2. The molecule has 2 amide bonds. The van der Waals surface area contributed by atoms with Gasteiger partial charge in [0.05, 0.1) is 0 Å². The maximum atomic E-state index is 13.2. The molecular weight excluding hydrogens is 395 g/mol. The normalized spacial score (nSPS) is 11.6. The molecule has 0 saturated heterocycles. The molecule has 0 aromatic heterocycles. The van der Waals surface area contributed by atoms with E-state index in [4.69, 9.17) is 16.3 Å². The third-order valence-corrected chi connectivity index (χ3v) is 4.90. The van der Waals surface area contributed by atoms with Crippen molar-refractivity contribution in [1.82, 2.24) is 10.2 Å². The molecule has 0 radical (unpaired) electrons. The zero-order valence-electron chi connectivity index (χ0n) is 16.9. The van der Waals surface area contributed by atoms with Crippen molar-refractivity contribution in [3.8, 4) is 5.75 Å². The summed E-state index contributed by atoms with van der Waals surface area (Å²) in [6.45, 7) is 5.93. The number of halogens is 2. The Kier molecular flexibility index (Phi) is 8.46. The molecule has 5 nitrogen and oxygen atoms in total. The zero-order chi connectivity index (χ0) is 21.4. The lowest BCUT2D eigenvalue weighted by atomic mass is 10.1. The van der Waals surface area contributed by atoms with Crippen molar-refractivity contribution in [2.45, 2.75) is 39.8 Å². The molecule has 0 spiro atoms. The molecule has 2 aromatic carbocycles. The van der Waals surface area contributed by atoms with Gasteiger partial charge in [0.1, 0.15) is 17.6 Å². The monoisotopic (exact) mass is 420 g/mol. The van der Waals surface area contributed by atoms with E-state index in [1.807, 2.05) is 13.8 Å². The first kappa shape index (κ1) is 22.7. The Bertz CT molecular complexity index is 842. The van der Waals surface area contributed by atoms with Crippen LogP contribution in [0.2, 0.25) is 5.02 Å². The van der Waals surface area contributed by atoms with E-state index in [1.165, 1.54) is 17.0 Å². The summed E-state index contributed by atoms with van der Waals surface area (Å²) < 4.78 is 18.8. The summed E-state index contributed by atoms with van der Waals surface area (Å²) in [7, 11) is 0. The summed E-state index contributed by atoms with van der Waals surface area (Å²) in [5.41, 5.74) is 1.56. The molecule has 0 aliphatic heterocycles. The van der Waals surface area contributed by atoms with Crippen LogP contribution in [0.3, 0.4) is 0 Å². The number of amides is 2. The lowest BCUT2D eigenvalue weighted by Crippen LogP contribution is -2.49. The Morgan fingerprint density at radius 2 is 1.90 bits per heavy atom. The van der Waals surface area contributed by atoms with E-state index in [9.17, 15) is 14.0 Å². The summed E-state index contributed by atoms with van der Waals surface area (Å²) in [6, 6.07) is 10.3. The van der Waals surface area contributed by atoms with Gasteiger partial charge in [0.25, 0.3) is 5.91 Å². The lowest BCUT2D eigenvalue weighted by Gasteiger charge is -2.28. The van der Waals surface area contributed by atoms with Crippen LogP contribution >= 0.6 is 11.6 Å². The smallest absolute Gasteiger partial charge is 0.261 e. The van der Waals surface area contributed by atoms with Gasteiger partial charge in [-0.3, -0.25) is 9.59 Å². The van der Waals surface area contributed by atoms with E-state index in [0.29, 0.717) is 17.3 Å². The highest BCUT2D eigenvalue weighted by Crippen LogP contribution is 2.21. The minimum atomic E-state index is -0.699. The second-order valence-electron chi connectivity index (χ2n) is 6.81. The van der Waals surface area contributed by atoms with Gasteiger partial charge in [-0.2, -0.15) is 0 Å². The van der Waals surface area contributed by atoms with Gasteiger partial charge < -0.3 is 15.0 Å². The van der Waals surface area contributed by atoms with E-state index in [0.717, 1.165) is 17.5 Å². The van der Waals surface area contributed by atoms with E-state index >= 15 is 0 Å². The summed E-state index contributed by atoms with van der Waals surface area (Å²) in [5, 5.41) is 3.42. The van der Waals surface area contributed by atoms with Gasteiger partial charge in [0.15, 0.2) is 6.61 Å². The summed E-state index contributed by atoms with van der Waals surface area (Å²) in [6.07, 6.45) is 0.795. The number of hydrogen-bond donors (Lipinski definition) is 1. The minimum Gasteiger partial charge on any atom is -0.484 e. The van der Waals surface area contributed by atoms with Crippen molar-refractivity contribution >= 4 is 23.4 Å². The standard InChI is InChI=1S/C22H26ClFN2O3/c1-4-11-25-22(28)16(3)26(13-17-5-7-18(24)8-6-17)21(27)14-29-19-9-10-20(23)15(2)12-19/h5-10,12,16H,4,11,13-14H2,1-3H3,(H,25,28). The van der Waals surface area contributed by atoms with E-state index < -0.39 is 6.04 Å². The van der Waals surface area contributed by atoms with Crippen LogP contribution < -0.4 is 10.1 Å². The summed E-state index contributed by atoms with van der Waals surface area (Å²) >= 11 is 6.01. The first-order valence-electron chi connectivity index (χ1n) is 9.52. The highest BCUT2D eigenvalue weighted by molar-refractivity contribution is 6.31. The fourth-order valence-corrected chi connectivity index (χ4v) is 2.82. The summed E-state index contributed by atoms with van der Waals surface area (Å²) in [4.78, 5) is 26.7. The molecule has 29 heavy (non-hydrogen) atoms. The van der Waals surface area contributed by atoms with Gasteiger partial charge in [-0.05, 0) is 61.7 Å². The van der Waals surface area contributed by atoms with Gasteiger partial charge in [0, 0.05) is 18.1 Å². The first-order valence-corrected chi connectivity index (χ1v) is 9.90. The Balaban J connectivity index is 2.13. The molecule has 1 N–H and O–H groups in total. The first-order chi connectivity index (χ1) is 13.8. The van der Waals surface area contributed by atoms with Gasteiger partial charge >= 0.3 is 0 Å². The van der Waals surface area contributed by atoms with Gasteiger partial charge in [-0.25, -0.2) is 4.39 Å². The molecule has 1 atom stereocenters. The van der Waals surface area contributed by atoms with Gasteiger partial charge in [-0.15, -0.1) is 0 Å². The van der Waals surface area contributed by atoms with E-state index in [-0.39, 0.29) is 30.8 Å². The summed E-state index contributed by atoms with van der Waals surface area (Å²) in [5.74, 6) is -0.433. The molecule has 0 heterocycles. The van der Waals surface area contributed by atoms with Crippen molar-refractivity contribution in [3.05, 3.63) is 64.4 Å². The number of rotatable bonds is 9. The third-order valence-electron chi connectivity index (χ3n) is 4.47. The number of aryl methyl sites for hydroxylation is 1. The van der Waals surface area contributed by atoms with E-state index in [1.54, 1.807) is 37.3 Å². The Morgan fingerprint density at radius 3 is 2.52 bits per heavy atom. The maximum Gasteiger partial charge on any atom is 0.261 e. The molecule has 2 aromatic rings. The van der Waals surface area contributed by atoms with Crippen LogP contribution in [0.25, 0.3) is 0 Å². The maximum absolute atomic E-state index is 13.2. The quantitative estimate of drug-likeness (QED) is 0.664. The van der Waals surface area contributed by atoms with Crippen LogP contribution in [0.4, 0.5) is 4.39 Å². The van der Waals surface area contributed by atoms with E-state index in [2.05, 4.69) is 5.32 Å². The van der Waals surface area contributed by atoms with Crippen molar-refractivity contribution in [2.24, 2.45) is 0 Å². The predicted octanol–water partition coefficient (Wildman–Crippen LogP) is 4.11. The van der Waals surface area contributed by atoms with Gasteiger partial charge in [0.2, 0.25) is 5.91 Å². The largest absolute Gasteiger partial charge is 0.484 e. The lowest BCUT2D eigenvalue weighted by molar-refractivity contribution is -0.142. The highest BCUT2D eigenvalue weighted by atomic mass is 35.5. The molecule has 0 aliphatic carbocycles. The second-order valence-corrected chi connectivity index (χ2v) is 7.22. The van der Waals surface area contributed by atoms with Crippen LogP contribution in [0, 0.1) is 12.7 Å². The van der Waals surface area contributed by atoms with Crippen LogP contribution in [0.5, 0.6) is 5.75 Å². The second kappa shape index (κ2) is 10.8. The molecule has 1 unspecified atom stereocenters.